The topological polar surface area (TPSA) is 98.5 Å². The molecule has 7 nitrogen and oxygen atoms in total. The zero-order valence-electron chi connectivity index (χ0n) is 14.0. The molecular weight excluding hydrogens is 382 g/mol. The summed E-state index contributed by atoms with van der Waals surface area (Å²) in [6.45, 7) is 0.909. The Kier molecular flexibility index (Phi) is 6.83. The molecule has 0 saturated carbocycles. The normalized spacial score (nSPS) is 11.5. The number of nitro benzene ring substituents is 1. The number of anilines is 1. The van der Waals surface area contributed by atoms with Gasteiger partial charge in [-0.25, -0.2) is 8.78 Å². The number of nitrogens with one attached hydrogen (secondary N) is 1. The van der Waals surface area contributed by atoms with Crippen molar-refractivity contribution in [3.05, 3.63) is 64.2 Å². The molecule has 1 amide bonds. The van der Waals surface area contributed by atoms with E-state index in [1.807, 2.05) is 0 Å². The van der Waals surface area contributed by atoms with Crippen LogP contribution in [0.1, 0.15) is 6.92 Å². The molecule has 0 aliphatic heterocycles. The number of rotatable bonds is 7. The molecule has 0 aliphatic carbocycles. The van der Waals surface area contributed by atoms with Crippen LogP contribution in [0.5, 0.6) is 0 Å². The van der Waals surface area contributed by atoms with Crippen LogP contribution in [0.4, 0.5) is 20.2 Å². The molecule has 0 bridgehead atoms. The number of esters is 1. The Morgan fingerprint density at radius 1 is 1.22 bits per heavy atom. The lowest BCUT2D eigenvalue weighted by Crippen LogP contribution is -2.25. The SMILES string of the molecule is CC(Sc1ccc([N+](=O)[O-])cc1)C(=O)OCC(=O)Nc1ccc(F)cc1F. The number of nitro groups is 1. The van der Waals surface area contributed by atoms with Crippen LogP contribution in [-0.4, -0.2) is 28.7 Å². The standard InChI is InChI=1S/C17H14F2N2O5S/c1-10(27-13-5-3-12(4-6-13)21(24)25)17(23)26-9-16(22)20-15-7-2-11(18)8-14(15)19/h2-8,10H,9H2,1H3,(H,20,22). The molecule has 10 heteroatoms. The van der Waals surface area contributed by atoms with E-state index in [1.165, 1.54) is 24.3 Å². The van der Waals surface area contributed by atoms with Gasteiger partial charge in [-0.1, -0.05) is 0 Å². The highest BCUT2D eigenvalue weighted by Gasteiger charge is 2.18. The number of carbonyl (C=O) groups is 2. The molecule has 1 atom stereocenters. The molecule has 0 aromatic heterocycles. The first-order valence-corrected chi connectivity index (χ1v) is 8.47. The van der Waals surface area contributed by atoms with E-state index in [1.54, 1.807) is 6.92 Å². The summed E-state index contributed by atoms with van der Waals surface area (Å²) in [5, 5.41) is 12.1. The number of benzene rings is 2. The molecular formula is C17H14F2N2O5S. The van der Waals surface area contributed by atoms with Gasteiger partial charge < -0.3 is 10.1 Å². The molecule has 1 N–H and O–H groups in total. The van der Waals surface area contributed by atoms with E-state index < -0.39 is 40.3 Å². The maximum atomic E-state index is 13.5. The molecule has 0 aliphatic rings. The summed E-state index contributed by atoms with van der Waals surface area (Å²) in [4.78, 5) is 34.3. The highest BCUT2D eigenvalue weighted by atomic mass is 32.2. The number of halogens is 2. The van der Waals surface area contributed by atoms with Crippen LogP contribution < -0.4 is 5.32 Å². The largest absolute Gasteiger partial charge is 0.455 e. The van der Waals surface area contributed by atoms with Crippen molar-refractivity contribution in [2.24, 2.45) is 0 Å². The quantitative estimate of drug-likeness (QED) is 0.333. The Bertz CT molecular complexity index is 861. The zero-order chi connectivity index (χ0) is 20.0. The maximum absolute atomic E-state index is 13.5. The van der Waals surface area contributed by atoms with E-state index in [9.17, 15) is 28.5 Å². The van der Waals surface area contributed by atoms with Crippen molar-refractivity contribution in [2.45, 2.75) is 17.1 Å². The van der Waals surface area contributed by atoms with Gasteiger partial charge in [-0.3, -0.25) is 19.7 Å². The second-order valence-electron chi connectivity index (χ2n) is 5.29. The highest BCUT2D eigenvalue weighted by molar-refractivity contribution is 8.00. The fraction of sp³-hybridized carbons (Fsp3) is 0.176. The molecule has 0 fully saturated rings. The summed E-state index contributed by atoms with van der Waals surface area (Å²) in [5.74, 6) is -3.19. The number of nitrogens with zero attached hydrogens (tertiary/aromatic N) is 1. The van der Waals surface area contributed by atoms with E-state index >= 15 is 0 Å². The van der Waals surface area contributed by atoms with Crippen LogP contribution in [0.25, 0.3) is 0 Å². The maximum Gasteiger partial charge on any atom is 0.319 e. The fourth-order valence-corrected chi connectivity index (χ4v) is 2.80. The second kappa shape index (κ2) is 9.08. The summed E-state index contributed by atoms with van der Waals surface area (Å²) < 4.78 is 31.1. The molecule has 27 heavy (non-hydrogen) atoms. The van der Waals surface area contributed by atoms with Gasteiger partial charge in [0.25, 0.3) is 11.6 Å². The van der Waals surface area contributed by atoms with Gasteiger partial charge in [-0.15, -0.1) is 11.8 Å². The first-order valence-electron chi connectivity index (χ1n) is 7.59. The molecule has 0 spiro atoms. The summed E-state index contributed by atoms with van der Waals surface area (Å²) in [7, 11) is 0. The van der Waals surface area contributed by atoms with Crippen molar-refractivity contribution in [3.8, 4) is 0 Å². The first-order chi connectivity index (χ1) is 12.8. The van der Waals surface area contributed by atoms with Crippen LogP contribution in [0.3, 0.4) is 0 Å². The monoisotopic (exact) mass is 396 g/mol. The molecule has 2 rings (SSSR count). The Labute approximate surface area is 156 Å². The number of hydrogen-bond donors (Lipinski definition) is 1. The van der Waals surface area contributed by atoms with E-state index in [4.69, 9.17) is 4.74 Å². The summed E-state index contributed by atoms with van der Waals surface area (Å²) in [6, 6.07) is 8.26. The fourth-order valence-electron chi connectivity index (χ4n) is 1.93. The predicted molar refractivity (Wildman–Crippen MR) is 94.4 cm³/mol. The number of thioether (sulfide) groups is 1. The Morgan fingerprint density at radius 3 is 2.48 bits per heavy atom. The summed E-state index contributed by atoms with van der Waals surface area (Å²) in [5.41, 5.74) is -0.301. The van der Waals surface area contributed by atoms with Crippen LogP contribution >= 0.6 is 11.8 Å². The van der Waals surface area contributed by atoms with E-state index in [-0.39, 0.29) is 11.4 Å². The average Bonchev–Trinajstić information content (AvgIpc) is 2.62. The first kappa shape index (κ1) is 20.3. The third kappa shape index (κ3) is 6.03. The predicted octanol–water partition coefficient (Wildman–Crippen LogP) is 3.54. The van der Waals surface area contributed by atoms with E-state index in [2.05, 4.69) is 5.32 Å². The number of amides is 1. The van der Waals surface area contributed by atoms with Crippen LogP contribution in [0.2, 0.25) is 0 Å². The molecule has 0 radical (unpaired) electrons. The van der Waals surface area contributed by atoms with Gasteiger partial charge in [-0.2, -0.15) is 0 Å². The number of ether oxygens (including phenoxy) is 1. The minimum atomic E-state index is -0.947. The molecule has 2 aromatic carbocycles. The van der Waals surface area contributed by atoms with E-state index in [0.717, 1.165) is 23.9 Å². The number of non-ortho nitro benzene ring substituents is 1. The minimum absolute atomic E-state index is 0.0701. The highest BCUT2D eigenvalue weighted by Crippen LogP contribution is 2.26. The Balaban J connectivity index is 1.83. The summed E-state index contributed by atoms with van der Waals surface area (Å²) in [6.07, 6.45) is 0. The second-order valence-corrected chi connectivity index (χ2v) is 6.71. The number of carbonyl (C=O) groups excluding carboxylic acids is 2. The van der Waals surface area contributed by atoms with Crippen molar-refractivity contribution in [2.75, 3.05) is 11.9 Å². The smallest absolute Gasteiger partial charge is 0.319 e. The third-order valence-electron chi connectivity index (χ3n) is 3.24. The van der Waals surface area contributed by atoms with Crippen molar-refractivity contribution in [1.29, 1.82) is 0 Å². The van der Waals surface area contributed by atoms with Gasteiger partial charge in [0.2, 0.25) is 0 Å². The lowest BCUT2D eigenvalue weighted by molar-refractivity contribution is -0.384. The van der Waals surface area contributed by atoms with Gasteiger partial charge in [0, 0.05) is 23.1 Å². The lowest BCUT2D eigenvalue weighted by Gasteiger charge is -2.11. The van der Waals surface area contributed by atoms with Gasteiger partial charge in [-0.05, 0) is 31.2 Å². The van der Waals surface area contributed by atoms with E-state index in [0.29, 0.717) is 11.0 Å². The minimum Gasteiger partial charge on any atom is -0.455 e. The van der Waals surface area contributed by atoms with Gasteiger partial charge in [0.05, 0.1) is 10.6 Å². The molecule has 2 aromatic rings. The molecule has 1 unspecified atom stereocenters. The summed E-state index contributed by atoms with van der Waals surface area (Å²) >= 11 is 1.10. The molecule has 0 heterocycles. The van der Waals surface area contributed by atoms with Gasteiger partial charge in [0.1, 0.15) is 16.9 Å². The third-order valence-corrected chi connectivity index (χ3v) is 4.33. The average molecular weight is 396 g/mol. The van der Waals surface area contributed by atoms with Gasteiger partial charge >= 0.3 is 5.97 Å². The van der Waals surface area contributed by atoms with Crippen molar-refractivity contribution >= 4 is 35.0 Å². The zero-order valence-corrected chi connectivity index (χ0v) is 14.8. The van der Waals surface area contributed by atoms with Crippen molar-refractivity contribution in [3.63, 3.8) is 0 Å². The Morgan fingerprint density at radius 2 is 1.89 bits per heavy atom. The van der Waals surface area contributed by atoms with Gasteiger partial charge in [0.15, 0.2) is 6.61 Å². The molecule has 142 valence electrons. The van der Waals surface area contributed by atoms with Crippen molar-refractivity contribution in [1.82, 2.24) is 0 Å². The molecule has 0 saturated heterocycles. The Hall–Kier alpha value is -3.01. The number of hydrogen-bond acceptors (Lipinski definition) is 6. The van der Waals surface area contributed by atoms with Crippen LogP contribution in [-0.2, 0) is 14.3 Å². The van der Waals surface area contributed by atoms with Crippen LogP contribution in [0, 0.1) is 21.7 Å². The van der Waals surface area contributed by atoms with Crippen molar-refractivity contribution < 1.29 is 28.0 Å². The lowest BCUT2D eigenvalue weighted by atomic mass is 10.3. The van der Waals surface area contributed by atoms with Crippen LogP contribution in [0.15, 0.2) is 47.4 Å².